The average molecular weight is 425 g/mol. The first kappa shape index (κ1) is 21.9. The third-order valence-corrected chi connectivity index (χ3v) is 6.98. The molecule has 0 atom stereocenters. The molecule has 2 heterocycles. The van der Waals surface area contributed by atoms with Crippen LogP contribution in [-0.2, 0) is 14.6 Å². The Hall–Kier alpha value is -1.83. The lowest BCUT2D eigenvalue weighted by molar-refractivity contribution is -0.0203. The van der Waals surface area contributed by atoms with E-state index >= 15 is 0 Å². The number of piperidine rings is 1. The van der Waals surface area contributed by atoms with Crippen LogP contribution in [-0.4, -0.2) is 56.5 Å². The van der Waals surface area contributed by atoms with Crippen LogP contribution in [0.15, 0.2) is 23.4 Å². The predicted octanol–water partition coefficient (Wildman–Crippen LogP) is 3.68. The van der Waals surface area contributed by atoms with Gasteiger partial charge in [0, 0.05) is 19.3 Å². The topological polar surface area (TPSA) is 85.8 Å². The normalized spacial score (nSPS) is 19.2. The summed E-state index contributed by atoms with van der Waals surface area (Å²) in [6, 6.07) is 3.13. The van der Waals surface area contributed by atoms with Crippen LogP contribution in [0.4, 0.5) is 4.79 Å². The molecule has 1 aliphatic heterocycles. The molecule has 1 aromatic heterocycles. The molecule has 8 heteroatoms. The fourth-order valence-electron chi connectivity index (χ4n) is 4.45. The van der Waals surface area contributed by atoms with E-state index in [1.807, 2.05) is 18.7 Å². The second-order valence-electron chi connectivity index (χ2n) is 8.79. The number of pyridine rings is 1. The van der Waals surface area contributed by atoms with Gasteiger partial charge in [-0.15, -0.1) is 0 Å². The molecule has 1 aromatic rings. The first-order valence-corrected chi connectivity index (χ1v) is 12.3. The van der Waals surface area contributed by atoms with Crippen molar-refractivity contribution in [2.75, 3.05) is 26.0 Å². The molecular formula is C21H32N2O5S. The number of ether oxygens (including phenoxy) is 2. The maximum Gasteiger partial charge on any atom is 0.410 e. The molecule has 0 N–H and O–H groups in total. The number of hydrogen-bond acceptors (Lipinski definition) is 6. The van der Waals surface area contributed by atoms with Gasteiger partial charge in [-0.1, -0.05) is 0 Å². The first-order valence-electron chi connectivity index (χ1n) is 10.4. The van der Waals surface area contributed by atoms with E-state index in [0.717, 1.165) is 50.9 Å². The summed E-state index contributed by atoms with van der Waals surface area (Å²) in [4.78, 5) is 17.8. The van der Waals surface area contributed by atoms with E-state index in [0.29, 0.717) is 17.8 Å². The van der Waals surface area contributed by atoms with Gasteiger partial charge < -0.3 is 14.4 Å². The Labute approximate surface area is 173 Å². The highest BCUT2D eigenvalue weighted by molar-refractivity contribution is 7.90. The number of carbonyl (C=O) groups excluding carboxylic acids is 1. The van der Waals surface area contributed by atoms with Crippen molar-refractivity contribution < 1.29 is 22.7 Å². The molecule has 1 saturated carbocycles. The number of carbonyl (C=O) groups is 1. The Morgan fingerprint density at radius 2 is 1.97 bits per heavy atom. The summed E-state index contributed by atoms with van der Waals surface area (Å²) in [5.41, 5.74) is 0.422. The van der Waals surface area contributed by atoms with E-state index in [9.17, 15) is 13.2 Å². The summed E-state index contributed by atoms with van der Waals surface area (Å²) in [7, 11) is -3.27. The Morgan fingerprint density at radius 1 is 1.28 bits per heavy atom. The molecule has 162 valence electrons. The maximum absolute atomic E-state index is 12.0. The molecule has 1 amide bonds. The zero-order valence-electron chi connectivity index (χ0n) is 17.6. The number of likely N-dealkylation sites (tertiary alicyclic amines) is 1. The van der Waals surface area contributed by atoms with Crippen molar-refractivity contribution in [2.45, 2.75) is 63.5 Å². The fourth-order valence-corrected chi connectivity index (χ4v) is 5.01. The summed E-state index contributed by atoms with van der Waals surface area (Å²) in [6.45, 7) is 5.98. The second kappa shape index (κ2) is 8.90. The molecule has 7 nitrogen and oxygen atoms in total. The summed E-state index contributed by atoms with van der Waals surface area (Å²) in [6.07, 6.45) is 9.10. The van der Waals surface area contributed by atoms with Crippen molar-refractivity contribution in [1.29, 1.82) is 0 Å². The quantitative estimate of drug-likeness (QED) is 0.621. The van der Waals surface area contributed by atoms with Crippen LogP contribution in [0.2, 0.25) is 0 Å². The van der Waals surface area contributed by atoms with Gasteiger partial charge >= 0.3 is 6.09 Å². The van der Waals surface area contributed by atoms with Gasteiger partial charge in [-0.25, -0.2) is 18.2 Å². The summed E-state index contributed by atoms with van der Waals surface area (Å²) < 4.78 is 33.8. The highest BCUT2D eigenvalue weighted by Crippen LogP contribution is 2.54. The minimum atomic E-state index is -3.27. The molecule has 1 aliphatic carbocycles. The minimum absolute atomic E-state index is 0.0631. The zero-order chi connectivity index (χ0) is 21.1. The SMILES string of the molecule is CC(C)OC(=O)N1CCC2(CC1)CC(CCCOc1ccc(S(C)(=O)=O)nc1)C2. The van der Waals surface area contributed by atoms with Gasteiger partial charge in [-0.3, -0.25) is 0 Å². The van der Waals surface area contributed by atoms with Gasteiger partial charge in [0.1, 0.15) is 5.75 Å². The maximum atomic E-state index is 12.0. The van der Waals surface area contributed by atoms with Crippen molar-refractivity contribution in [1.82, 2.24) is 9.88 Å². The van der Waals surface area contributed by atoms with Gasteiger partial charge in [0.05, 0.1) is 18.9 Å². The first-order chi connectivity index (χ1) is 13.7. The number of hydrogen-bond donors (Lipinski definition) is 0. The Balaban J connectivity index is 1.31. The number of aromatic nitrogens is 1. The van der Waals surface area contributed by atoms with E-state index in [4.69, 9.17) is 9.47 Å². The van der Waals surface area contributed by atoms with Crippen LogP contribution in [0.1, 0.15) is 52.4 Å². The number of rotatable bonds is 7. The van der Waals surface area contributed by atoms with Crippen LogP contribution in [0.3, 0.4) is 0 Å². The standard InChI is InChI=1S/C21H32N2O5S/c1-16(2)28-20(24)23-10-8-21(9-11-23)13-17(14-21)5-4-12-27-18-6-7-19(22-15-18)29(3,25)26/h6-7,15-17H,4-5,8-14H2,1-3H3. The largest absolute Gasteiger partial charge is 0.492 e. The molecular weight excluding hydrogens is 392 g/mol. The Kier molecular flexibility index (Phi) is 6.71. The third kappa shape index (κ3) is 5.84. The molecule has 0 aromatic carbocycles. The highest BCUT2D eigenvalue weighted by atomic mass is 32.2. The van der Waals surface area contributed by atoms with Gasteiger partial charge in [0.15, 0.2) is 14.9 Å². The van der Waals surface area contributed by atoms with Crippen LogP contribution in [0.5, 0.6) is 5.75 Å². The number of sulfone groups is 1. The fraction of sp³-hybridized carbons (Fsp3) is 0.714. The van der Waals surface area contributed by atoms with E-state index in [1.165, 1.54) is 25.1 Å². The van der Waals surface area contributed by atoms with E-state index in [-0.39, 0.29) is 17.2 Å². The van der Waals surface area contributed by atoms with Crippen molar-refractivity contribution in [3.8, 4) is 5.75 Å². The summed E-state index contributed by atoms with van der Waals surface area (Å²) in [5, 5.41) is 0.0631. The summed E-state index contributed by atoms with van der Waals surface area (Å²) >= 11 is 0. The van der Waals surface area contributed by atoms with Crippen molar-refractivity contribution in [3.05, 3.63) is 18.3 Å². The molecule has 0 radical (unpaired) electrons. The van der Waals surface area contributed by atoms with Gasteiger partial charge in [0.25, 0.3) is 0 Å². The van der Waals surface area contributed by atoms with Crippen LogP contribution >= 0.6 is 0 Å². The molecule has 1 spiro atoms. The highest BCUT2D eigenvalue weighted by Gasteiger charge is 2.46. The lowest BCUT2D eigenvalue weighted by atomic mass is 9.56. The minimum Gasteiger partial charge on any atom is -0.492 e. The number of nitrogens with zero attached hydrogens (tertiary/aromatic N) is 2. The monoisotopic (exact) mass is 424 g/mol. The lowest BCUT2D eigenvalue weighted by Gasteiger charge is -2.52. The van der Waals surface area contributed by atoms with Crippen molar-refractivity contribution in [3.63, 3.8) is 0 Å². The average Bonchev–Trinajstić information content (AvgIpc) is 2.63. The van der Waals surface area contributed by atoms with E-state index in [2.05, 4.69) is 4.98 Å². The van der Waals surface area contributed by atoms with Crippen LogP contribution < -0.4 is 4.74 Å². The molecule has 2 fully saturated rings. The van der Waals surface area contributed by atoms with Crippen molar-refractivity contribution >= 4 is 15.9 Å². The van der Waals surface area contributed by atoms with Gasteiger partial charge in [-0.2, -0.15) is 0 Å². The number of amides is 1. The second-order valence-corrected chi connectivity index (χ2v) is 10.8. The van der Waals surface area contributed by atoms with E-state index < -0.39 is 9.84 Å². The third-order valence-electron chi connectivity index (χ3n) is 5.98. The Bertz CT molecular complexity index is 791. The molecule has 1 saturated heterocycles. The lowest BCUT2D eigenvalue weighted by Crippen LogP contribution is -2.49. The van der Waals surface area contributed by atoms with Gasteiger partial charge in [-0.05, 0) is 75.8 Å². The Morgan fingerprint density at radius 3 is 2.52 bits per heavy atom. The zero-order valence-corrected chi connectivity index (χ0v) is 18.4. The molecule has 0 bridgehead atoms. The molecule has 2 aliphatic rings. The summed E-state index contributed by atoms with van der Waals surface area (Å²) in [5.74, 6) is 1.33. The molecule has 3 rings (SSSR count). The van der Waals surface area contributed by atoms with Gasteiger partial charge in [0.2, 0.25) is 0 Å². The smallest absolute Gasteiger partial charge is 0.410 e. The predicted molar refractivity (Wildman–Crippen MR) is 110 cm³/mol. The van der Waals surface area contributed by atoms with Crippen LogP contribution in [0.25, 0.3) is 0 Å². The van der Waals surface area contributed by atoms with Crippen LogP contribution in [0, 0.1) is 11.3 Å². The molecule has 29 heavy (non-hydrogen) atoms. The van der Waals surface area contributed by atoms with E-state index in [1.54, 1.807) is 6.07 Å². The molecule has 0 unspecified atom stereocenters. The van der Waals surface area contributed by atoms with Crippen molar-refractivity contribution in [2.24, 2.45) is 11.3 Å².